The van der Waals surface area contributed by atoms with Gasteiger partial charge < -0.3 is 15.5 Å². The summed E-state index contributed by atoms with van der Waals surface area (Å²) in [5.41, 5.74) is 1.08. The summed E-state index contributed by atoms with van der Waals surface area (Å²) in [5, 5.41) is 7.85. The molecule has 0 aromatic carbocycles. The van der Waals surface area contributed by atoms with Crippen LogP contribution in [0.25, 0.3) is 0 Å². The van der Waals surface area contributed by atoms with Crippen LogP contribution in [0.1, 0.15) is 35.3 Å². The number of rotatable bonds is 7. The van der Waals surface area contributed by atoms with Gasteiger partial charge in [0.2, 0.25) is 0 Å². The highest BCUT2D eigenvalue weighted by molar-refractivity contribution is 7.90. The molecule has 9 heteroatoms. The molecule has 0 unspecified atom stereocenters. The molecule has 2 heterocycles. The van der Waals surface area contributed by atoms with Crippen molar-refractivity contribution >= 4 is 27.1 Å². The van der Waals surface area contributed by atoms with E-state index in [0.717, 1.165) is 49.1 Å². The van der Waals surface area contributed by atoms with Crippen LogP contribution in [0.2, 0.25) is 0 Å². The molecule has 0 aliphatic carbocycles. The first-order valence-corrected chi connectivity index (χ1v) is 12.0. The molecule has 2 rings (SSSR count). The Labute approximate surface area is 161 Å². The van der Waals surface area contributed by atoms with E-state index < -0.39 is 9.84 Å². The second-order valence-corrected chi connectivity index (χ2v) is 10.4. The quantitative estimate of drug-likeness (QED) is 0.529. The number of aryl methyl sites for hydroxylation is 2. The highest BCUT2D eigenvalue weighted by Gasteiger charge is 2.20. The Morgan fingerprint density at radius 1 is 1.35 bits per heavy atom. The number of hydrogen-bond donors (Lipinski definition) is 2. The van der Waals surface area contributed by atoms with Gasteiger partial charge in [0.25, 0.3) is 0 Å². The summed E-state index contributed by atoms with van der Waals surface area (Å²) in [6.07, 6.45) is 3.28. The Kier molecular flexibility index (Phi) is 7.85. The molecule has 0 amide bonds. The topological polar surface area (TPSA) is 86.7 Å². The zero-order valence-electron chi connectivity index (χ0n) is 16.2. The number of piperidine rings is 1. The van der Waals surface area contributed by atoms with Crippen LogP contribution >= 0.6 is 11.3 Å². The number of hydrogen-bond acceptors (Lipinski definition) is 6. The maximum absolute atomic E-state index is 11.3. The first kappa shape index (κ1) is 21.1. The molecule has 1 aliphatic heterocycles. The Hall–Kier alpha value is -1.19. The molecule has 1 fully saturated rings. The van der Waals surface area contributed by atoms with Crippen LogP contribution in [0.15, 0.2) is 4.99 Å². The van der Waals surface area contributed by atoms with Gasteiger partial charge in [-0.25, -0.2) is 18.4 Å². The number of likely N-dealkylation sites (tertiary alicyclic amines) is 1. The number of thiazole rings is 1. The lowest BCUT2D eigenvalue weighted by Crippen LogP contribution is -2.49. The molecule has 26 heavy (non-hydrogen) atoms. The summed E-state index contributed by atoms with van der Waals surface area (Å²) in [6.45, 7) is 10.0. The van der Waals surface area contributed by atoms with E-state index in [4.69, 9.17) is 0 Å². The maximum atomic E-state index is 11.3. The van der Waals surface area contributed by atoms with Crippen LogP contribution in [0.5, 0.6) is 0 Å². The summed E-state index contributed by atoms with van der Waals surface area (Å²) in [6, 6.07) is 0.363. The highest BCUT2D eigenvalue weighted by atomic mass is 32.2. The molecule has 0 radical (unpaired) electrons. The van der Waals surface area contributed by atoms with Crippen LogP contribution < -0.4 is 10.6 Å². The first-order valence-electron chi connectivity index (χ1n) is 9.14. The monoisotopic (exact) mass is 401 g/mol. The van der Waals surface area contributed by atoms with Crippen LogP contribution in [-0.4, -0.2) is 68.5 Å². The molecule has 1 aromatic rings. The van der Waals surface area contributed by atoms with Gasteiger partial charge in [-0.05, 0) is 33.6 Å². The predicted molar refractivity (Wildman–Crippen MR) is 109 cm³/mol. The van der Waals surface area contributed by atoms with E-state index in [2.05, 4.69) is 39.4 Å². The van der Waals surface area contributed by atoms with Gasteiger partial charge in [0.15, 0.2) is 5.96 Å². The predicted octanol–water partition coefficient (Wildman–Crippen LogP) is 1.32. The molecular weight excluding hydrogens is 370 g/mol. The minimum Gasteiger partial charge on any atom is -0.357 e. The molecule has 0 spiro atoms. The van der Waals surface area contributed by atoms with E-state index in [1.165, 1.54) is 11.1 Å². The largest absolute Gasteiger partial charge is 0.357 e. The zero-order chi connectivity index (χ0) is 19.2. The minimum absolute atomic E-state index is 0.238. The minimum atomic E-state index is -2.89. The Morgan fingerprint density at radius 3 is 2.58 bits per heavy atom. The Morgan fingerprint density at radius 2 is 2.04 bits per heavy atom. The van der Waals surface area contributed by atoms with Gasteiger partial charge in [0.1, 0.15) is 14.8 Å². The second-order valence-electron chi connectivity index (χ2n) is 6.83. The van der Waals surface area contributed by atoms with Crippen LogP contribution in [0.3, 0.4) is 0 Å². The van der Waals surface area contributed by atoms with Crippen LogP contribution in [0.4, 0.5) is 0 Å². The van der Waals surface area contributed by atoms with Gasteiger partial charge in [-0.2, -0.15) is 0 Å². The number of guanidine groups is 1. The number of nitrogens with zero attached hydrogens (tertiary/aromatic N) is 3. The van der Waals surface area contributed by atoms with Crippen molar-refractivity contribution in [3.8, 4) is 0 Å². The van der Waals surface area contributed by atoms with E-state index in [0.29, 0.717) is 19.1 Å². The van der Waals surface area contributed by atoms with Crippen molar-refractivity contribution < 1.29 is 8.42 Å². The van der Waals surface area contributed by atoms with Gasteiger partial charge in [0.05, 0.1) is 18.0 Å². The molecule has 1 aliphatic rings. The van der Waals surface area contributed by atoms with E-state index in [1.54, 1.807) is 11.3 Å². The van der Waals surface area contributed by atoms with Crippen molar-refractivity contribution in [3.05, 3.63) is 15.6 Å². The summed E-state index contributed by atoms with van der Waals surface area (Å²) in [4.78, 5) is 12.7. The van der Waals surface area contributed by atoms with Gasteiger partial charge >= 0.3 is 0 Å². The standard InChI is InChI=1S/C17H31N5O2S2/c1-5-18-17(19-12-16-20-13(2)14(3)25-16)21-15-6-8-22(9-7-15)10-11-26(4,23)24/h15H,5-12H2,1-4H3,(H2,18,19,21). The summed E-state index contributed by atoms with van der Waals surface area (Å²) in [7, 11) is -2.89. The van der Waals surface area contributed by atoms with Crippen molar-refractivity contribution in [1.29, 1.82) is 0 Å². The second kappa shape index (κ2) is 9.66. The Balaban J connectivity index is 1.83. The molecule has 0 saturated carbocycles. The van der Waals surface area contributed by atoms with Gasteiger partial charge in [0, 0.05) is 43.4 Å². The number of nitrogens with one attached hydrogen (secondary N) is 2. The van der Waals surface area contributed by atoms with Crippen LogP contribution in [0, 0.1) is 13.8 Å². The first-order chi connectivity index (χ1) is 12.3. The molecule has 0 bridgehead atoms. The molecule has 2 N–H and O–H groups in total. The lowest BCUT2D eigenvalue weighted by Gasteiger charge is -2.32. The fraction of sp³-hybridized carbons (Fsp3) is 0.765. The fourth-order valence-corrected chi connectivity index (χ4v) is 4.31. The average Bonchev–Trinajstić information content (AvgIpc) is 2.90. The van der Waals surface area contributed by atoms with Gasteiger partial charge in [-0.3, -0.25) is 0 Å². The zero-order valence-corrected chi connectivity index (χ0v) is 17.8. The smallest absolute Gasteiger partial charge is 0.191 e. The third-order valence-corrected chi connectivity index (χ3v) is 6.48. The lowest BCUT2D eigenvalue weighted by molar-refractivity contribution is 0.216. The summed E-state index contributed by atoms with van der Waals surface area (Å²) < 4.78 is 22.6. The normalized spacial score (nSPS) is 17.5. The third kappa shape index (κ3) is 7.20. The van der Waals surface area contributed by atoms with Crippen molar-refractivity contribution in [2.24, 2.45) is 4.99 Å². The van der Waals surface area contributed by atoms with E-state index >= 15 is 0 Å². The number of sulfone groups is 1. The number of aliphatic imine (C=N–C) groups is 1. The lowest BCUT2D eigenvalue weighted by atomic mass is 10.1. The van der Waals surface area contributed by atoms with Crippen LogP contribution in [-0.2, 0) is 16.4 Å². The SMILES string of the molecule is CCNC(=NCc1nc(C)c(C)s1)NC1CCN(CCS(C)(=O)=O)CC1. The molecule has 0 atom stereocenters. The fourth-order valence-electron chi connectivity index (χ4n) is 2.86. The van der Waals surface area contributed by atoms with Crippen molar-refractivity contribution in [2.75, 3.05) is 38.2 Å². The van der Waals surface area contributed by atoms with Crippen molar-refractivity contribution in [1.82, 2.24) is 20.5 Å². The molecule has 1 aromatic heterocycles. The van der Waals surface area contributed by atoms with Gasteiger partial charge in [-0.15, -0.1) is 11.3 Å². The van der Waals surface area contributed by atoms with E-state index in [1.807, 2.05) is 6.92 Å². The summed E-state index contributed by atoms with van der Waals surface area (Å²) >= 11 is 1.70. The van der Waals surface area contributed by atoms with Crippen molar-refractivity contribution in [2.45, 2.75) is 46.2 Å². The maximum Gasteiger partial charge on any atom is 0.191 e. The number of aromatic nitrogens is 1. The summed E-state index contributed by atoms with van der Waals surface area (Å²) in [5.74, 6) is 1.06. The van der Waals surface area contributed by atoms with Crippen molar-refractivity contribution in [3.63, 3.8) is 0 Å². The molecular formula is C17H31N5O2S2. The Bertz CT molecular complexity index is 687. The molecule has 148 valence electrons. The molecule has 1 saturated heterocycles. The third-order valence-electron chi connectivity index (χ3n) is 4.50. The van der Waals surface area contributed by atoms with E-state index in [-0.39, 0.29) is 5.75 Å². The van der Waals surface area contributed by atoms with E-state index in [9.17, 15) is 8.42 Å². The highest BCUT2D eigenvalue weighted by Crippen LogP contribution is 2.17. The average molecular weight is 402 g/mol. The molecule has 7 nitrogen and oxygen atoms in total. The van der Waals surface area contributed by atoms with Gasteiger partial charge in [-0.1, -0.05) is 0 Å².